The quantitative estimate of drug-likeness (QED) is 0.685. The summed E-state index contributed by atoms with van der Waals surface area (Å²) in [6, 6.07) is 26.7. The van der Waals surface area contributed by atoms with Crippen LogP contribution in [0.3, 0.4) is 0 Å². The number of hydrogen-bond donors (Lipinski definition) is 1. The van der Waals surface area contributed by atoms with Crippen LogP contribution in [0.5, 0.6) is 0 Å². The minimum Gasteiger partial charge on any atom is -0.376 e. The summed E-state index contributed by atoms with van der Waals surface area (Å²) in [5.74, 6) is 0. The number of benzene rings is 3. The van der Waals surface area contributed by atoms with Gasteiger partial charge in [-0.05, 0) is 48.1 Å². The summed E-state index contributed by atoms with van der Waals surface area (Å²) >= 11 is 0. The third-order valence-corrected chi connectivity index (χ3v) is 5.49. The van der Waals surface area contributed by atoms with Gasteiger partial charge in [-0.15, -0.1) is 0 Å². The van der Waals surface area contributed by atoms with Crippen LogP contribution in [-0.2, 0) is 12.8 Å². The van der Waals surface area contributed by atoms with E-state index < -0.39 is 0 Å². The molecule has 0 aliphatic carbocycles. The van der Waals surface area contributed by atoms with E-state index in [1.807, 2.05) is 0 Å². The van der Waals surface area contributed by atoms with Crippen LogP contribution >= 0.6 is 0 Å². The third kappa shape index (κ3) is 2.49. The van der Waals surface area contributed by atoms with Crippen molar-refractivity contribution >= 4 is 17.1 Å². The van der Waals surface area contributed by atoms with Gasteiger partial charge in [0.05, 0.1) is 17.4 Å². The molecule has 0 spiro atoms. The van der Waals surface area contributed by atoms with E-state index in [9.17, 15) is 0 Å². The number of anilines is 3. The lowest BCUT2D eigenvalue weighted by molar-refractivity contribution is 0.696. The van der Waals surface area contributed by atoms with Gasteiger partial charge in [0.1, 0.15) is 0 Å². The molecule has 0 bridgehead atoms. The first kappa shape index (κ1) is 14.6. The maximum absolute atomic E-state index is 3.84. The van der Waals surface area contributed by atoms with E-state index in [1.54, 1.807) is 0 Å². The van der Waals surface area contributed by atoms with Crippen molar-refractivity contribution in [3.63, 3.8) is 0 Å². The minimum atomic E-state index is 0.347. The minimum absolute atomic E-state index is 0.347. The number of nitrogens with zero attached hydrogens (tertiary/aromatic N) is 1. The van der Waals surface area contributed by atoms with Gasteiger partial charge in [0.2, 0.25) is 0 Å². The second kappa shape index (κ2) is 5.96. The van der Waals surface area contributed by atoms with Crippen molar-refractivity contribution in [1.82, 2.24) is 0 Å². The number of hydrogen-bond acceptors (Lipinski definition) is 2. The van der Waals surface area contributed by atoms with Gasteiger partial charge in [0.15, 0.2) is 0 Å². The lowest BCUT2D eigenvalue weighted by atomic mass is 9.96. The predicted molar refractivity (Wildman–Crippen MR) is 105 cm³/mol. The molecule has 2 aliphatic heterocycles. The molecular weight excluding hydrogens is 304 g/mol. The molecule has 1 unspecified atom stereocenters. The van der Waals surface area contributed by atoms with Crippen LogP contribution in [0.1, 0.15) is 29.2 Å². The SMILES string of the molecule is c1ccc(CCC2Nc3ccccc3N3CCc4cccc2c43)cc1. The van der Waals surface area contributed by atoms with Gasteiger partial charge in [-0.3, -0.25) is 0 Å². The average Bonchev–Trinajstić information content (AvgIpc) is 3.04. The summed E-state index contributed by atoms with van der Waals surface area (Å²) in [5.41, 5.74) is 8.35. The zero-order valence-corrected chi connectivity index (χ0v) is 14.3. The van der Waals surface area contributed by atoms with E-state index in [0.29, 0.717) is 6.04 Å². The number of fused-ring (bicyclic) bond motifs is 2. The van der Waals surface area contributed by atoms with Crippen molar-refractivity contribution in [2.45, 2.75) is 25.3 Å². The average molecular weight is 326 g/mol. The highest BCUT2D eigenvalue weighted by atomic mass is 15.2. The lowest BCUT2D eigenvalue weighted by Gasteiger charge is -2.21. The van der Waals surface area contributed by atoms with Gasteiger partial charge < -0.3 is 10.2 Å². The van der Waals surface area contributed by atoms with E-state index in [2.05, 4.69) is 83.0 Å². The first-order chi connectivity index (χ1) is 12.4. The summed E-state index contributed by atoms with van der Waals surface area (Å²) < 4.78 is 0. The Morgan fingerprint density at radius 2 is 1.72 bits per heavy atom. The highest BCUT2D eigenvalue weighted by Gasteiger charge is 2.31. The van der Waals surface area contributed by atoms with E-state index in [0.717, 1.165) is 25.8 Å². The lowest BCUT2D eigenvalue weighted by Crippen LogP contribution is -2.13. The number of nitrogens with one attached hydrogen (secondary N) is 1. The molecule has 1 N–H and O–H groups in total. The molecule has 25 heavy (non-hydrogen) atoms. The largest absolute Gasteiger partial charge is 0.376 e. The zero-order chi connectivity index (χ0) is 16.6. The molecule has 5 rings (SSSR count). The Labute approximate surface area is 149 Å². The Kier molecular flexibility index (Phi) is 3.48. The molecule has 0 fully saturated rings. The highest BCUT2D eigenvalue weighted by Crippen LogP contribution is 2.47. The Hall–Kier alpha value is -2.74. The molecule has 0 radical (unpaired) electrons. The Morgan fingerprint density at radius 1 is 0.880 bits per heavy atom. The van der Waals surface area contributed by atoms with Crippen LogP contribution in [0.2, 0.25) is 0 Å². The van der Waals surface area contributed by atoms with Gasteiger partial charge in [-0.1, -0.05) is 60.7 Å². The number of para-hydroxylation sites is 3. The fourth-order valence-corrected chi connectivity index (χ4v) is 4.29. The zero-order valence-electron chi connectivity index (χ0n) is 14.3. The molecule has 0 saturated carbocycles. The Morgan fingerprint density at radius 3 is 2.64 bits per heavy atom. The fraction of sp³-hybridized carbons (Fsp3) is 0.217. The van der Waals surface area contributed by atoms with Crippen LogP contribution in [0.25, 0.3) is 0 Å². The molecule has 3 aromatic rings. The molecule has 0 amide bonds. The van der Waals surface area contributed by atoms with Gasteiger partial charge in [-0.2, -0.15) is 0 Å². The second-order valence-corrected chi connectivity index (χ2v) is 6.99. The van der Waals surface area contributed by atoms with Crippen molar-refractivity contribution in [2.75, 3.05) is 16.8 Å². The Bertz CT molecular complexity index is 901. The van der Waals surface area contributed by atoms with Crippen molar-refractivity contribution < 1.29 is 0 Å². The van der Waals surface area contributed by atoms with E-state index in [1.165, 1.54) is 33.8 Å². The summed E-state index contributed by atoms with van der Waals surface area (Å²) in [5, 5.41) is 3.84. The van der Waals surface area contributed by atoms with Crippen molar-refractivity contribution in [1.29, 1.82) is 0 Å². The van der Waals surface area contributed by atoms with Crippen molar-refractivity contribution in [3.05, 3.63) is 89.5 Å². The van der Waals surface area contributed by atoms with Gasteiger partial charge >= 0.3 is 0 Å². The van der Waals surface area contributed by atoms with Crippen LogP contribution in [0.4, 0.5) is 17.1 Å². The molecular formula is C23H22N2. The molecule has 1 atom stereocenters. The molecule has 2 nitrogen and oxygen atoms in total. The van der Waals surface area contributed by atoms with E-state index in [4.69, 9.17) is 0 Å². The van der Waals surface area contributed by atoms with Crippen LogP contribution in [-0.4, -0.2) is 6.54 Å². The van der Waals surface area contributed by atoms with Crippen LogP contribution < -0.4 is 10.2 Å². The van der Waals surface area contributed by atoms with Gasteiger partial charge in [-0.25, -0.2) is 0 Å². The van der Waals surface area contributed by atoms with Crippen molar-refractivity contribution in [3.8, 4) is 0 Å². The fourth-order valence-electron chi connectivity index (χ4n) is 4.29. The van der Waals surface area contributed by atoms with E-state index >= 15 is 0 Å². The molecule has 2 aliphatic rings. The first-order valence-corrected chi connectivity index (χ1v) is 9.19. The smallest absolute Gasteiger partial charge is 0.0646 e. The molecule has 2 heterocycles. The van der Waals surface area contributed by atoms with E-state index in [-0.39, 0.29) is 0 Å². The van der Waals surface area contributed by atoms with Gasteiger partial charge in [0, 0.05) is 12.2 Å². The summed E-state index contributed by atoms with van der Waals surface area (Å²) in [6.45, 7) is 1.08. The van der Waals surface area contributed by atoms with Crippen LogP contribution in [0, 0.1) is 0 Å². The summed E-state index contributed by atoms with van der Waals surface area (Å²) in [7, 11) is 0. The van der Waals surface area contributed by atoms with Crippen molar-refractivity contribution in [2.24, 2.45) is 0 Å². The number of aryl methyl sites for hydroxylation is 1. The normalized spacial score (nSPS) is 17.4. The summed E-state index contributed by atoms with van der Waals surface area (Å²) in [4.78, 5) is 2.51. The van der Waals surface area contributed by atoms with Crippen LogP contribution in [0.15, 0.2) is 72.8 Å². The first-order valence-electron chi connectivity index (χ1n) is 9.19. The Balaban J connectivity index is 1.56. The predicted octanol–water partition coefficient (Wildman–Crippen LogP) is 5.48. The molecule has 0 aromatic heterocycles. The highest BCUT2D eigenvalue weighted by molar-refractivity contribution is 5.84. The molecule has 124 valence electrons. The van der Waals surface area contributed by atoms with Gasteiger partial charge in [0.25, 0.3) is 0 Å². The monoisotopic (exact) mass is 326 g/mol. The molecule has 2 heteroatoms. The molecule has 0 saturated heterocycles. The molecule has 3 aromatic carbocycles. The maximum Gasteiger partial charge on any atom is 0.0646 e. The topological polar surface area (TPSA) is 15.3 Å². The second-order valence-electron chi connectivity index (χ2n) is 6.99. The standard InChI is InChI=1S/C23H22N2/c1-2-7-17(8-3-1)13-14-20-19-10-6-9-18-15-16-25(23(18)19)22-12-5-4-11-21(22)24-20/h1-12,20,24H,13-16H2. The number of rotatable bonds is 3. The third-order valence-electron chi connectivity index (χ3n) is 5.49. The summed E-state index contributed by atoms with van der Waals surface area (Å²) in [6.07, 6.45) is 3.33. The maximum atomic E-state index is 3.84.